The average Bonchev–Trinajstić information content (AvgIpc) is 2.90. The predicted octanol–water partition coefficient (Wildman–Crippen LogP) is 3.54. The number of nitrogens with zero attached hydrogens (tertiary/aromatic N) is 6. The smallest absolute Gasteiger partial charge is 0.248 e. The molecular formula is C27H30N8O. The van der Waals surface area contributed by atoms with Crippen molar-refractivity contribution in [3.05, 3.63) is 90.3 Å². The van der Waals surface area contributed by atoms with Gasteiger partial charge in [0.05, 0.1) is 17.6 Å². The summed E-state index contributed by atoms with van der Waals surface area (Å²) in [6, 6.07) is 9.57. The minimum Gasteiger partial charge on any atom is -0.354 e. The normalized spacial score (nSPS) is 17.8. The molecule has 0 bridgehead atoms. The van der Waals surface area contributed by atoms with Crippen LogP contribution in [0, 0.1) is 0 Å². The molecule has 5 heterocycles. The summed E-state index contributed by atoms with van der Waals surface area (Å²) in [5.41, 5.74) is 7.92. The highest BCUT2D eigenvalue weighted by Crippen LogP contribution is 2.35. The summed E-state index contributed by atoms with van der Waals surface area (Å²) in [5.74, 6) is 0.811. The molecule has 0 saturated carbocycles. The molecule has 1 fully saturated rings. The minimum atomic E-state index is -0.233. The van der Waals surface area contributed by atoms with Crippen molar-refractivity contribution in [1.82, 2.24) is 24.9 Å². The molecule has 0 aromatic carbocycles. The SMILES string of the molecule is C/C=C/C(=O)Nc1ccnc(C2c3ccncc3C=CN2Nc2ccc(N3CCN(C)CC3)nc2)c1. The van der Waals surface area contributed by atoms with Crippen LogP contribution in [0.15, 0.2) is 73.5 Å². The average molecular weight is 483 g/mol. The lowest BCUT2D eigenvalue weighted by Gasteiger charge is -2.35. The number of aromatic nitrogens is 3. The minimum absolute atomic E-state index is 0.177. The van der Waals surface area contributed by atoms with Gasteiger partial charge in [-0.2, -0.15) is 0 Å². The van der Waals surface area contributed by atoms with Crippen molar-refractivity contribution < 1.29 is 4.79 Å². The Bertz CT molecular complexity index is 1260. The maximum absolute atomic E-state index is 12.1. The van der Waals surface area contributed by atoms with E-state index in [4.69, 9.17) is 4.98 Å². The van der Waals surface area contributed by atoms with E-state index < -0.39 is 0 Å². The van der Waals surface area contributed by atoms with Gasteiger partial charge in [0.1, 0.15) is 11.9 Å². The molecule has 5 rings (SSSR count). The van der Waals surface area contributed by atoms with Crippen molar-refractivity contribution in [2.75, 3.05) is 48.9 Å². The molecule has 9 heteroatoms. The van der Waals surface area contributed by atoms with Gasteiger partial charge in [0.2, 0.25) is 5.91 Å². The standard InChI is InChI=1S/C27H30N8O/c1-3-4-26(36)31-21-7-11-29-24(17-21)27-23-8-10-28-18-20(23)9-12-35(27)32-22-5-6-25(30-19-22)34-15-13-33(2)14-16-34/h3-12,17-19,27,32H,13-16H2,1-2H3,(H,29,31,36)/b4-3+. The van der Waals surface area contributed by atoms with E-state index in [2.05, 4.69) is 49.7 Å². The summed E-state index contributed by atoms with van der Waals surface area (Å²) in [5, 5.41) is 4.91. The van der Waals surface area contributed by atoms with Crippen molar-refractivity contribution in [3.8, 4) is 0 Å². The summed E-state index contributed by atoms with van der Waals surface area (Å²) in [7, 11) is 2.15. The number of allylic oxidation sites excluding steroid dienone is 1. The van der Waals surface area contributed by atoms with Crippen LogP contribution in [0.25, 0.3) is 6.08 Å². The fourth-order valence-electron chi connectivity index (χ4n) is 4.44. The number of anilines is 3. The lowest BCUT2D eigenvalue weighted by atomic mass is 9.96. The molecule has 36 heavy (non-hydrogen) atoms. The highest BCUT2D eigenvalue weighted by molar-refractivity contribution is 5.99. The Morgan fingerprint density at radius 3 is 2.67 bits per heavy atom. The molecule has 9 nitrogen and oxygen atoms in total. The van der Waals surface area contributed by atoms with E-state index in [1.807, 2.05) is 48.7 Å². The quantitative estimate of drug-likeness (QED) is 0.516. The van der Waals surface area contributed by atoms with Crippen LogP contribution in [0.3, 0.4) is 0 Å². The third-order valence-electron chi connectivity index (χ3n) is 6.35. The van der Waals surface area contributed by atoms with Crippen LogP contribution >= 0.6 is 0 Å². The van der Waals surface area contributed by atoms with E-state index >= 15 is 0 Å². The first-order valence-corrected chi connectivity index (χ1v) is 12.1. The lowest BCUT2D eigenvalue weighted by Crippen LogP contribution is -2.44. The Labute approximate surface area is 211 Å². The number of rotatable bonds is 6. The molecule has 3 aromatic heterocycles. The molecule has 1 saturated heterocycles. The molecule has 0 spiro atoms. The number of piperazine rings is 1. The maximum Gasteiger partial charge on any atom is 0.248 e. The van der Waals surface area contributed by atoms with E-state index in [9.17, 15) is 4.79 Å². The summed E-state index contributed by atoms with van der Waals surface area (Å²) < 4.78 is 0. The van der Waals surface area contributed by atoms with Gasteiger partial charge in [0.15, 0.2) is 0 Å². The Hall–Kier alpha value is -4.24. The van der Waals surface area contributed by atoms with Gasteiger partial charge < -0.3 is 15.1 Å². The van der Waals surface area contributed by atoms with Gasteiger partial charge in [-0.25, -0.2) is 4.98 Å². The summed E-state index contributed by atoms with van der Waals surface area (Å²) in [4.78, 5) is 30.4. The van der Waals surface area contributed by atoms with Crippen LogP contribution in [0.1, 0.15) is 29.8 Å². The summed E-state index contributed by atoms with van der Waals surface area (Å²) in [6.45, 7) is 5.84. The second kappa shape index (κ2) is 10.6. The topological polar surface area (TPSA) is 89.5 Å². The van der Waals surface area contributed by atoms with Crippen molar-refractivity contribution in [2.24, 2.45) is 0 Å². The summed E-state index contributed by atoms with van der Waals surface area (Å²) >= 11 is 0. The van der Waals surface area contributed by atoms with E-state index in [0.717, 1.165) is 54.5 Å². The number of fused-ring (bicyclic) bond motifs is 1. The fraction of sp³-hybridized carbons (Fsp3) is 0.259. The zero-order valence-corrected chi connectivity index (χ0v) is 20.5. The van der Waals surface area contributed by atoms with Gasteiger partial charge in [0, 0.05) is 62.2 Å². The fourth-order valence-corrected chi connectivity index (χ4v) is 4.44. The van der Waals surface area contributed by atoms with Crippen LogP contribution in [-0.2, 0) is 4.79 Å². The highest BCUT2D eigenvalue weighted by Gasteiger charge is 2.27. The van der Waals surface area contributed by atoms with Gasteiger partial charge in [-0.15, -0.1) is 0 Å². The van der Waals surface area contributed by atoms with Crippen LogP contribution < -0.4 is 15.6 Å². The molecule has 2 aliphatic heterocycles. The molecule has 3 aromatic rings. The number of likely N-dealkylation sites (N-methyl/N-ethyl adjacent to an activating group) is 1. The van der Waals surface area contributed by atoms with Crippen LogP contribution in [0.4, 0.5) is 17.2 Å². The molecule has 0 radical (unpaired) electrons. The van der Waals surface area contributed by atoms with Crippen LogP contribution in [0.5, 0.6) is 0 Å². The van der Waals surface area contributed by atoms with E-state index in [1.54, 1.807) is 24.5 Å². The Balaban J connectivity index is 1.40. The number of carbonyl (C=O) groups is 1. The van der Waals surface area contributed by atoms with Gasteiger partial charge in [-0.05, 0) is 62.0 Å². The van der Waals surface area contributed by atoms with Gasteiger partial charge in [0.25, 0.3) is 0 Å². The first-order chi connectivity index (χ1) is 17.6. The largest absolute Gasteiger partial charge is 0.354 e. The Morgan fingerprint density at radius 2 is 1.89 bits per heavy atom. The second-order valence-corrected chi connectivity index (χ2v) is 8.90. The van der Waals surface area contributed by atoms with Crippen molar-refractivity contribution in [2.45, 2.75) is 13.0 Å². The maximum atomic E-state index is 12.1. The van der Waals surface area contributed by atoms with E-state index in [0.29, 0.717) is 5.69 Å². The monoisotopic (exact) mass is 482 g/mol. The first kappa shape index (κ1) is 23.5. The molecule has 1 atom stereocenters. The number of pyridine rings is 3. The van der Waals surface area contributed by atoms with Gasteiger partial charge in [-0.3, -0.25) is 25.2 Å². The van der Waals surface area contributed by atoms with Crippen molar-refractivity contribution in [3.63, 3.8) is 0 Å². The predicted molar refractivity (Wildman–Crippen MR) is 142 cm³/mol. The molecule has 2 aliphatic rings. The van der Waals surface area contributed by atoms with Crippen molar-refractivity contribution in [1.29, 1.82) is 0 Å². The van der Waals surface area contributed by atoms with Crippen molar-refractivity contribution >= 4 is 29.2 Å². The van der Waals surface area contributed by atoms with E-state index in [-0.39, 0.29) is 11.9 Å². The van der Waals surface area contributed by atoms with E-state index in [1.165, 1.54) is 6.08 Å². The zero-order chi connectivity index (χ0) is 24.9. The number of hydrazine groups is 1. The molecule has 0 aliphatic carbocycles. The number of nitrogens with one attached hydrogen (secondary N) is 2. The van der Waals surface area contributed by atoms with Crippen LogP contribution in [-0.4, -0.2) is 64.0 Å². The lowest BCUT2D eigenvalue weighted by molar-refractivity contribution is -0.111. The number of hydrogen-bond donors (Lipinski definition) is 2. The molecule has 1 unspecified atom stereocenters. The third-order valence-corrected chi connectivity index (χ3v) is 6.35. The number of hydrogen-bond acceptors (Lipinski definition) is 8. The number of carbonyl (C=O) groups excluding carboxylic acids is 1. The first-order valence-electron chi connectivity index (χ1n) is 12.1. The Kier molecular flexibility index (Phi) is 6.90. The molecule has 1 amide bonds. The zero-order valence-electron chi connectivity index (χ0n) is 20.5. The van der Waals surface area contributed by atoms with Gasteiger partial charge >= 0.3 is 0 Å². The number of amides is 1. The summed E-state index contributed by atoms with van der Waals surface area (Å²) in [6.07, 6.45) is 14.4. The highest BCUT2D eigenvalue weighted by atomic mass is 16.1. The molecule has 2 N–H and O–H groups in total. The Morgan fingerprint density at radius 1 is 1.03 bits per heavy atom. The van der Waals surface area contributed by atoms with Crippen LogP contribution in [0.2, 0.25) is 0 Å². The van der Waals surface area contributed by atoms with Gasteiger partial charge in [-0.1, -0.05) is 6.08 Å². The molecule has 184 valence electrons. The molecular weight excluding hydrogens is 452 g/mol. The second-order valence-electron chi connectivity index (χ2n) is 8.90. The third kappa shape index (κ3) is 5.21.